The number of amides is 1. The van der Waals surface area contributed by atoms with Gasteiger partial charge < -0.3 is 10.3 Å². The lowest BCUT2D eigenvalue weighted by Crippen LogP contribution is -2.18. The highest BCUT2D eigenvalue weighted by atomic mass is 32.2. The number of nitrogens with one attached hydrogen (secondary N) is 1. The molecular weight excluding hydrogens is 502 g/mol. The Morgan fingerprint density at radius 3 is 2.39 bits per heavy atom. The van der Waals surface area contributed by atoms with Crippen molar-refractivity contribution in [1.82, 2.24) is 15.1 Å². The number of hydrogen-bond donors (Lipinski definition) is 2. The van der Waals surface area contributed by atoms with Gasteiger partial charge in [0.05, 0.1) is 33.1 Å². The van der Waals surface area contributed by atoms with Gasteiger partial charge >= 0.3 is 0 Å². The summed E-state index contributed by atoms with van der Waals surface area (Å²) in [6.07, 6.45) is 1.61. The Kier molecular flexibility index (Phi) is 6.20. The minimum Gasteiger partial charge on any atom is -0.366 e. The molecule has 0 aliphatic rings. The molecule has 0 bridgehead atoms. The zero-order valence-corrected chi connectivity index (χ0v) is 22.1. The molecule has 1 amide bonds. The van der Waals surface area contributed by atoms with Gasteiger partial charge in [0.25, 0.3) is 10.0 Å². The number of rotatable bonds is 6. The van der Waals surface area contributed by atoms with E-state index >= 15 is 0 Å². The first-order valence-corrected chi connectivity index (χ1v) is 13.3. The molecule has 0 radical (unpaired) electrons. The smallest absolute Gasteiger partial charge is 0.264 e. The monoisotopic (exact) mass is 527 g/mol. The fourth-order valence-electron chi connectivity index (χ4n) is 4.52. The Morgan fingerprint density at radius 2 is 1.74 bits per heavy atom. The third-order valence-electron chi connectivity index (χ3n) is 6.41. The van der Waals surface area contributed by atoms with Crippen molar-refractivity contribution < 1.29 is 17.7 Å². The Morgan fingerprint density at radius 1 is 1.00 bits per heavy atom. The van der Waals surface area contributed by atoms with Crippen LogP contribution in [-0.4, -0.2) is 29.4 Å². The first kappa shape index (κ1) is 25.1. The van der Waals surface area contributed by atoms with E-state index in [1.54, 1.807) is 56.4 Å². The molecule has 5 aromatic rings. The number of nitrogens with zero attached hydrogens (tertiary/aromatic N) is 3. The highest BCUT2D eigenvalue weighted by Crippen LogP contribution is 2.41. The second-order valence-electron chi connectivity index (χ2n) is 9.09. The van der Waals surface area contributed by atoms with Gasteiger partial charge in [0, 0.05) is 28.3 Å². The van der Waals surface area contributed by atoms with Crippen LogP contribution in [0.2, 0.25) is 0 Å². The highest BCUT2D eigenvalue weighted by Gasteiger charge is 2.29. The van der Waals surface area contributed by atoms with Crippen LogP contribution in [0.1, 0.15) is 32.7 Å². The molecule has 2 aromatic carbocycles. The quantitative estimate of drug-likeness (QED) is 0.313. The summed E-state index contributed by atoms with van der Waals surface area (Å²) in [4.78, 5) is 22.4. The molecule has 3 N–H and O–H groups in total. The summed E-state index contributed by atoms with van der Waals surface area (Å²) in [5.74, 6) is -0.697. The molecule has 0 unspecified atom stereocenters. The Bertz CT molecular complexity index is 1830. The van der Waals surface area contributed by atoms with Crippen molar-refractivity contribution in [2.75, 3.05) is 4.72 Å². The number of anilines is 1. The Balaban J connectivity index is 1.88. The summed E-state index contributed by atoms with van der Waals surface area (Å²) >= 11 is 0. The van der Waals surface area contributed by atoms with E-state index in [9.17, 15) is 13.2 Å². The van der Waals surface area contributed by atoms with E-state index in [-0.39, 0.29) is 27.5 Å². The normalized spacial score (nSPS) is 11.6. The van der Waals surface area contributed by atoms with E-state index in [4.69, 9.17) is 15.2 Å². The molecule has 3 aromatic heterocycles. The molecule has 0 saturated heterocycles. The van der Waals surface area contributed by atoms with Crippen molar-refractivity contribution in [1.29, 1.82) is 0 Å². The van der Waals surface area contributed by atoms with Gasteiger partial charge in [0.1, 0.15) is 0 Å². The minimum absolute atomic E-state index is 0.0141. The lowest BCUT2D eigenvalue weighted by atomic mass is 9.91. The van der Waals surface area contributed by atoms with Crippen molar-refractivity contribution in [2.24, 2.45) is 5.73 Å². The predicted octanol–water partition coefficient (Wildman–Crippen LogP) is 5.09. The number of benzene rings is 2. The topological polar surface area (TPSA) is 141 Å². The summed E-state index contributed by atoms with van der Waals surface area (Å²) in [5.41, 5.74) is 11.0. The number of primary amides is 1. The van der Waals surface area contributed by atoms with Gasteiger partial charge in [-0.25, -0.2) is 18.1 Å². The highest BCUT2D eigenvalue weighted by molar-refractivity contribution is 7.92. The molecular formula is C28H25N5O4S. The number of aromatic nitrogens is 3. The van der Waals surface area contributed by atoms with E-state index in [0.29, 0.717) is 33.5 Å². The van der Waals surface area contributed by atoms with Crippen molar-refractivity contribution in [2.45, 2.75) is 32.6 Å². The van der Waals surface area contributed by atoms with Crippen molar-refractivity contribution in [3.63, 3.8) is 0 Å². The molecule has 0 atom stereocenters. The number of carbonyl (C=O) groups excluding carboxylic acids is 1. The molecule has 0 aliphatic heterocycles. The van der Waals surface area contributed by atoms with Crippen molar-refractivity contribution in [3.8, 4) is 22.5 Å². The van der Waals surface area contributed by atoms with Crippen LogP contribution in [-0.2, 0) is 10.0 Å². The molecule has 0 aliphatic carbocycles. The molecule has 5 rings (SSSR count). The van der Waals surface area contributed by atoms with Crippen LogP contribution >= 0.6 is 0 Å². The third kappa shape index (κ3) is 4.28. The second kappa shape index (κ2) is 9.38. The second-order valence-corrected chi connectivity index (χ2v) is 10.7. The van der Waals surface area contributed by atoms with E-state index in [1.807, 2.05) is 26.0 Å². The van der Waals surface area contributed by atoms with Crippen LogP contribution in [0.3, 0.4) is 0 Å². The molecule has 0 spiro atoms. The molecule has 0 fully saturated rings. The standard InChI is InChI=1S/C28H25N5O4S/c1-15-13-16(2)25-20(14-15)24(27(29)34)23(26(31-25)21-10-7-8-12-30-21)19-9-5-6-11-22(19)38(35,36)33-28-17(3)18(4)32-37-28/h5-14,33H,1-4H3,(H2,29,34). The minimum atomic E-state index is -4.20. The predicted molar refractivity (Wildman–Crippen MR) is 145 cm³/mol. The van der Waals surface area contributed by atoms with Crippen LogP contribution in [0.5, 0.6) is 0 Å². The first-order valence-electron chi connectivity index (χ1n) is 11.8. The number of fused-ring (bicyclic) bond motifs is 1. The molecule has 0 saturated carbocycles. The fraction of sp³-hybridized carbons (Fsp3) is 0.143. The van der Waals surface area contributed by atoms with E-state index in [2.05, 4.69) is 14.9 Å². The molecule has 10 heteroatoms. The molecule has 192 valence electrons. The van der Waals surface area contributed by atoms with Crippen molar-refractivity contribution in [3.05, 3.63) is 88.7 Å². The zero-order chi connectivity index (χ0) is 27.2. The largest absolute Gasteiger partial charge is 0.366 e. The lowest BCUT2D eigenvalue weighted by Gasteiger charge is -2.19. The van der Waals surface area contributed by atoms with Crippen LogP contribution < -0.4 is 10.5 Å². The lowest BCUT2D eigenvalue weighted by molar-refractivity contribution is 0.100. The number of aryl methyl sites for hydroxylation is 3. The number of pyridine rings is 2. The van der Waals surface area contributed by atoms with E-state index < -0.39 is 15.9 Å². The van der Waals surface area contributed by atoms with Gasteiger partial charge in [-0.3, -0.25) is 9.78 Å². The maximum absolute atomic E-state index is 13.7. The SMILES string of the molecule is Cc1cc(C)c2nc(-c3ccccn3)c(-c3ccccc3S(=O)(=O)Nc3onc(C)c3C)c(C(N)=O)c2c1. The summed E-state index contributed by atoms with van der Waals surface area (Å²) < 4.78 is 35.1. The van der Waals surface area contributed by atoms with E-state index in [1.165, 1.54) is 6.07 Å². The summed E-state index contributed by atoms with van der Waals surface area (Å²) in [6, 6.07) is 15.5. The van der Waals surface area contributed by atoms with Gasteiger partial charge in [-0.1, -0.05) is 41.1 Å². The van der Waals surface area contributed by atoms with Gasteiger partial charge in [-0.05, 0) is 57.5 Å². The number of nitrogens with two attached hydrogens (primary N) is 1. The van der Waals surface area contributed by atoms with Crippen LogP contribution in [0.15, 0.2) is 70.2 Å². The Labute approximate surface area is 219 Å². The summed E-state index contributed by atoms with van der Waals surface area (Å²) in [5, 5.41) is 4.37. The maximum Gasteiger partial charge on any atom is 0.264 e. The molecule has 3 heterocycles. The van der Waals surface area contributed by atoms with Gasteiger partial charge in [0.15, 0.2) is 0 Å². The van der Waals surface area contributed by atoms with Crippen LogP contribution in [0.25, 0.3) is 33.4 Å². The molecule has 9 nitrogen and oxygen atoms in total. The molecule has 38 heavy (non-hydrogen) atoms. The average molecular weight is 528 g/mol. The Hall–Kier alpha value is -4.57. The zero-order valence-electron chi connectivity index (χ0n) is 21.2. The average Bonchev–Trinajstić information content (AvgIpc) is 3.19. The summed E-state index contributed by atoms with van der Waals surface area (Å²) in [6.45, 7) is 7.23. The van der Waals surface area contributed by atoms with Gasteiger partial charge in [-0.15, -0.1) is 0 Å². The van der Waals surface area contributed by atoms with Crippen LogP contribution in [0.4, 0.5) is 5.88 Å². The van der Waals surface area contributed by atoms with Crippen LogP contribution in [0, 0.1) is 27.7 Å². The fourth-order valence-corrected chi connectivity index (χ4v) is 5.78. The van der Waals surface area contributed by atoms with E-state index in [0.717, 1.165) is 11.1 Å². The van der Waals surface area contributed by atoms with Crippen molar-refractivity contribution >= 4 is 32.7 Å². The first-order chi connectivity index (χ1) is 18.1. The number of hydrogen-bond acceptors (Lipinski definition) is 7. The van der Waals surface area contributed by atoms with Gasteiger partial charge in [-0.2, -0.15) is 0 Å². The third-order valence-corrected chi connectivity index (χ3v) is 7.80. The number of sulfonamides is 1. The maximum atomic E-state index is 13.7. The number of carbonyl (C=O) groups is 1. The van der Waals surface area contributed by atoms with Gasteiger partial charge in [0.2, 0.25) is 11.8 Å². The summed E-state index contributed by atoms with van der Waals surface area (Å²) in [7, 11) is -4.20.